The van der Waals surface area contributed by atoms with Gasteiger partial charge >= 0.3 is 5.97 Å². The fourth-order valence-electron chi connectivity index (χ4n) is 7.03. The first-order valence-electron chi connectivity index (χ1n) is 13.5. The zero-order chi connectivity index (χ0) is 24.3. The minimum atomic E-state index is -0.286. The third kappa shape index (κ3) is 4.60. The molecule has 5 nitrogen and oxygen atoms in total. The largest absolute Gasteiger partial charge is 0.504 e. The van der Waals surface area contributed by atoms with E-state index < -0.39 is 0 Å². The standard InChI is InChI=1S/C29H43NO4/c1-5-7-8-11-21(6-2)34-26(31)14-13-20-18-25(33-4)28(32)27-22(20)19-24-23-12-9-10-15-29(23,27)16-17-30(24)3/h13-14,18,21,23-24,32H,5-12,15-17,19H2,1-4H3/b14-13+. The van der Waals surface area contributed by atoms with Gasteiger partial charge in [-0.05, 0) is 87.7 Å². The van der Waals surface area contributed by atoms with Gasteiger partial charge in [0.1, 0.15) is 6.10 Å². The first-order chi connectivity index (χ1) is 16.4. The second-order valence-electron chi connectivity index (χ2n) is 10.7. The summed E-state index contributed by atoms with van der Waals surface area (Å²) >= 11 is 0. The summed E-state index contributed by atoms with van der Waals surface area (Å²) in [5, 5.41) is 11.3. The molecule has 1 heterocycles. The number of carbonyl (C=O) groups is 1. The molecule has 1 saturated heterocycles. The van der Waals surface area contributed by atoms with E-state index in [4.69, 9.17) is 9.47 Å². The molecule has 1 saturated carbocycles. The fraction of sp³-hybridized carbons (Fsp3) is 0.690. The van der Waals surface area contributed by atoms with Gasteiger partial charge in [-0.3, -0.25) is 0 Å². The average Bonchev–Trinajstić information content (AvgIpc) is 2.85. The number of phenols is 1. The highest BCUT2D eigenvalue weighted by Crippen LogP contribution is 2.59. The van der Waals surface area contributed by atoms with Gasteiger partial charge in [-0.2, -0.15) is 0 Å². The molecule has 1 aliphatic heterocycles. The van der Waals surface area contributed by atoms with Gasteiger partial charge < -0.3 is 19.5 Å². The SMILES string of the molecule is CCCCCC(CC)OC(=O)/C=C/c1cc(OC)c(O)c2c1CC1C3CCCCC23CCN1C. The number of likely N-dealkylation sites (N-methyl/N-ethyl adjacent to an activating group) is 1. The molecule has 0 amide bonds. The monoisotopic (exact) mass is 469 g/mol. The molecule has 1 aromatic rings. The molecule has 2 bridgehead atoms. The molecule has 0 spiro atoms. The van der Waals surface area contributed by atoms with E-state index in [2.05, 4.69) is 25.8 Å². The van der Waals surface area contributed by atoms with Crippen LogP contribution in [-0.4, -0.2) is 48.8 Å². The predicted molar refractivity (Wildman–Crippen MR) is 136 cm³/mol. The number of hydrogen-bond acceptors (Lipinski definition) is 5. The van der Waals surface area contributed by atoms with Crippen LogP contribution in [0.1, 0.15) is 94.7 Å². The zero-order valence-electron chi connectivity index (χ0n) is 21.6. The third-order valence-electron chi connectivity index (χ3n) is 8.84. The number of fused-ring (bicyclic) bond motifs is 1. The van der Waals surface area contributed by atoms with Crippen molar-refractivity contribution in [3.8, 4) is 11.5 Å². The molecule has 1 N–H and O–H groups in total. The van der Waals surface area contributed by atoms with Gasteiger partial charge in [0.05, 0.1) is 7.11 Å². The van der Waals surface area contributed by atoms with Crippen molar-refractivity contribution in [3.63, 3.8) is 0 Å². The molecule has 1 aromatic carbocycles. The zero-order valence-corrected chi connectivity index (χ0v) is 21.6. The van der Waals surface area contributed by atoms with Gasteiger partial charge in [-0.1, -0.05) is 39.5 Å². The number of nitrogens with zero attached hydrogens (tertiary/aromatic N) is 1. The molecule has 4 rings (SSSR count). The molecule has 3 aliphatic rings. The normalized spacial score (nSPS) is 27.2. The Hall–Kier alpha value is -2.01. The van der Waals surface area contributed by atoms with Crippen LogP contribution in [0.4, 0.5) is 0 Å². The summed E-state index contributed by atoms with van der Waals surface area (Å²) in [5.74, 6) is 1.11. The Morgan fingerprint density at radius 2 is 2.12 bits per heavy atom. The minimum Gasteiger partial charge on any atom is -0.504 e. The van der Waals surface area contributed by atoms with E-state index in [1.165, 1.54) is 31.2 Å². The van der Waals surface area contributed by atoms with Crippen LogP contribution in [0.15, 0.2) is 12.1 Å². The second-order valence-corrected chi connectivity index (χ2v) is 10.7. The summed E-state index contributed by atoms with van der Waals surface area (Å²) in [6.45, 7) is 5.32. The third-order valence-corrected chi connectivity index (χ3v) is 8.84. The number of unbranched alkanes of at least 4 members (excludes halogenated alkanes) is 2. The average molecular weight is 470 g/mol. The number of aromatic hydroxyl groups is 1. The van der Waals surface area contributed by atoms with E-state index in [9.17, 15) is 9.90 Å². The van der Waals surface area contributed by atoms with E-state index >= 15 is 0 Å². The lowest BCUT2D eigenvalue weighted by Gasteiger charge is -2.58. The summed E-state index contributed by atoms with van der Waals surface area (Å²) < 4.78 is 11.4. The Labute approximate surface area is 205 Å². The maximum atomic E-state index is 12.7. The van der Waals surface area contributed by atoms with Crippen LogP contribution >= 0.6 is 0 Å². The van der Waals surface area contributed by atoms with Crippen molar-refractivity contribution in [2.24, 2.45) is 5.92 Å². The minimum absolute atomic E-state index is 0.0112. The number of methoxy groups -OCH3 is 1. The number of carbonyl (C=O) groups excluding carboxylic acids is 1. The Balaban J connectivity index is 1.66. The highest BCUT2D eigenvalue weighted by molar-refractivity contribution is 5.88. The quantitative estimate of drug-likeness (QED) is 0.273. The Morgan fingerprint density at radius 3 is 2.85 bits per heavy atom. The highest BCUT2D eigenvalue weighted by atomic mass is 16.5. The summed E-state index contributed by atoms with van der Waals surface area (Å²) in [6.07, 6.45) is 15.4. The van der Waals surface area contributed by atoms with Crippen LogP contribution in [0, 0.1) is 5.92 Å². The number of benzene rings is 1. The first kappa shape index (κ1) is 25.1. The van der Waals surface area contributed by atoms with E-state index in [0.717, 1.165) is 62.6 Å². The summed E-state index contributed by atoms with van der Waals surface area (Å²) in [5.41, 5.74) is 3.27. The number of likely N-dealkylation sites (tertiary alicyclic amines) is 1. The highest BCUT2D eigenvalue weighted by Gasteiger charge is 2.55. The van der Waals surface area contributed by atoms with E-state index in [1.54, 1.807) is 13.2 Å². The summed E-state index contributed by atoms with van der Waals surface area (Å²) in [4.78, 5) is 15.2. The van der Waals surface area contributed by atoms with Crippen LogP contribution < -0.4 is 4.74 Å². The molecular formula is C29H43NO4. The Morgan fingerprint density at radius 1 is 1.29 bits per heavy atom. The van der Waals surface area contributed by atoms with Crippen LogP contribution in [0.2, 0.25) is 0 Å². The maximum Gasteiger partial charge on any atom is 0.331 e. The van der Waals surface area contributed by atoms with Gasteiger partial charge in [-0.15, -0.1) is 0 Å². The van der Waals surface area contributed by atoms with Gasteiger partial charge in [-0.25, -0.2) is 4.79 Å². The molecule has 4 atom stereocenters. The lowest BCUT2D eigenvalue weighted by atomic mass is 9.52. The summed E-state index contributed by atoms with van der Waals surface area (Å²) in [7, 11) is 3.86. The number of piperidine rings is 1. The maximum absolute atomic E-state index is 12.7. The number of ether oxygens (including phenoxy) is 2. The molecule has 0 aromatic heterocycles. The smallest absolute Gasteiger partial charge is 0.331 e. The molecule has 2 fully saturated rings. The van der Waals surface area contributed by atoms with Crippen molar-refractivity contribution in [1.82, 2.24) is 4.90 Å². The molecule has 2 aliphatic carbocycles. The van der Waals surface area contributed by atoms with Crippen molar-refractivity contribution in [3.05, 3.63) is 28.8 Å². The summed E-state index contributed by atoms with van der Waals surface area (Å²) in [6, 6.07) is 2.38. The molecule has 4 unspecified atom stereocenters. The van der Waals surface area contributed by atoms with Crippen molar-refractivity contribution < 1.29 is 19.4 Å². The van der Waals surface area contributed by atoms with Gasteiger partial charge in [0, 0.05) is 23.1 Å². The fourth-order valence-corrected chi connectivity index (χ4v) is 7.03. The number of rotatable bonds is 9. The lowest BCUT2D eigenvalue weighted by molar-refractivity contribution is -0.143. The van der Waals surface area contributed by atoms with Gasteiger partial charge in [0.25, 0.3) is 0 Å². The van der Waals surface area contributed by atoms with Gasteiger partial charge in [0.2, 0.25) is 0 Å². The molecular weight excluding hydrogens is 426 g/mol. The van der Waals surface area contributed by atoms with Crippen molar-refractivity contribution in [1.29, 1.82) is 0 Å². The van der Waals surface area contributed by atoms with Crippen LogP contribution in [0.25, 0.3) is 6.08 Å². The Bertz CT molecular complexity index is 910. The van der Waals surface area contributed by atoms with Crippen LogP contribution in [0.5, 0.6) is 11.5 Å². The topological polar surface area (TPSA) is 59.0 Å². The van der Waals surface area contributed by atoms with Crippen LogP contribution in [-0.2, 0) is 21.4 Å². The number of esters is 1. The molecule has 5 heteroatoms. The van der Waals surface area contributed by atoms with Crippen molar-refractivity contribution in [2.75, 3.05) is 20.7 Å². The predicted octanol–water partition coefficient (Wildman–Crippen LogP) is 6.00. The number of phenolic OH excluding ortho intramolecular Hbond substituents is 1. The first-order valence-corrected chi connectivity index (χ1v) is 13.5. The van der Waals surface area contributed by atoms with Crippen molar-refractivity contribution in [2.45, 2.75) is 102 Å². The van der Waals surface area contributed by atoms with Crippen molar-refractivity contribution >= 4 is 12.0 Å². The van der Waals surface area contributed by atoms with E-state index in [0.29, 0.717) is 23.5 Å². The number of hydrogen-bond donors (Lipinski definition) is 1. The van der Waals surface area contributed by atoms with Gasteiger partial charge in [0.15, 0.2) is 11.5 Å². The van der Waals surface area contributed by atoms with E-state index in [1.807, 2.05) is 12.1 Å². The molecule has 0 radical (unpaired) electrons. The Kier molecular flexibility index (Phi) is 7.91. The molecule has 34 heavy (non-hydrogen) atoms. The van der Waals surface area contributed by atoms with Crippen LogP contribution in [0.3, 0.4) is 0 Å². The second kappa shape index (κ2) is 10.7. The molecule has 188 valence electrons. The lowest BCUT2D eigenvalue weighted by Crippen LogP contribution is -2.60. The van der Waals surface area contributed by atoms with E-state index in [-0.39, 0.29) is 17.5 Å².